The predicted molar refractivity (Wildman–Crippen MR) is 134 cm³/mol. The molecule has 5 heteroatoms. The predicted octanol–water partition coefficient (Wildman–Crippen LogP) is 4.44. The summed E-state index contributed by atoms with van der Waals surface area (Å²) in [5.41, 5.74) is -1.35. The number of hydrogen-bond donors (Lipinski definition) is 4. The summed E-state index contributed by atoms with van der Waals surface area (Å²) in [6, 6.07) is 0. The number of ether oxygens (including phenoxy) is 1. The van der Waals surface area contributed by atoms with Gasteiger partial charge in [0, 0.05) is 5.92 Å². The van der Waals surface area contributed by atoms with E-state index in [-0.39, 0.29) is 51.1 Å². The summed E-state index contributed by atoms with van der Waals surface area (Å²) in [4.78, 5) is 0. The smallest absolute Gasteiger partial charge is 0.0865 e. The van der Waals surface area contributed by atoms with Gasteiger partial charge >= 0.3 is 0 Å². The van der Waals surface area contributed by atoms with Gasteiger partial charge in [0.05, 0.1) is 35.6 Å². The van der Waals surface area contributed by atoms with Gasteiger partial charge in [0.25, 0.3) is 0 Å². The highest BCUT2D eigenvalue weighted by Crippen LogP contribution is 2.89. The number of aliphatic hydroxyl groups excluding tert-OH is 3. The van der Waals surface area contributed by atoms with E-state index >= 15 is 0 Å². The van der Waals surface area contributed by atoms with Crippen molar-refractivity contribution < 1.29 is 25.2 Å². The van der Waals surface area contributed by atoms with Crippen molar-refractivity contribution in [3.63, 3.8) is 0 Å². The first-order valence-corrected chi connectivity index (χ1v) is 14.4. The van der Waals surface area contributed by atoms with Gasteiger partial charge in [-0.15, -0.1) is 0 Å². The third kappa shape index (κ3) is 2.78. The number of fused-ring (bicyclic) bond motifs is 2. The van der Waals surface area contributed by atoms with Crippen molar-refractivity contribution in [3.8, 4) is 0 Å². The molecule has 0 amide bonds. The molecule has 6 aliphatic rings. The minimum absolute atomic E-state index is 0.0267. The van der Waals surface area contributed by atoms with Crippen molar-refractivity contribution in [2.45, 2.75) is 142 Å². The van der Waals surface area contributed by atoms with Crippen molar-refractivity contribution in [2.75, 3.05) is 0 Å². The number of hydrogen-bond acceptors (Lipinski definition) is 5. The molecule has 0 aromatic carbocycles. The maximum Gasteiger partial charge on any atom is 0.0865 e. The first-order valence-electron chi connectivity index (χ1n) is 14.4. The molecule has 0 aromatic heterocycles. The van der Waals surface area contributed by atoms with Gasteiger partial charge in [-0.2, -0.15) is 0 Å². The van der Waals surface area contributed by atoms with Gasteiger partial charge in [-0.25, -0.2) is 0 Å². The third-order valence-corrected chi connectivity index (χ3v) is 13.8. The molecule has 0 unspecified atom stereocenters. The standard InChI is InChI=1S/C30H50O5/c1-24(2)20(33)8-11-30-16-29(30)13-12-26(5)23(28(7)10-9-21(35-28)25(3,4)34)18(32)15-27(26,6)19(29)14-17(31)22(24)30/h17-23,31-34H,8-16H2,1-7H3/t17-,18-,19-,20-,21-,22-,23+,26+,27-,28+,29-,30+/m0/s1. The van der Waals surface area contributed by atoms with E-state index in [0.29, 0.717) is 5.92 Å². The zero-order valence-electron chi connectivity index (χ0n) is 23.1. The molecule has 2 spiro atoms. The highest BCUT2D eigenvalue weighted by molar-refractivity contribution is 5.33. The highest BCUT2D eigenvalue weighted by atomic mass is 16.5. The average molecular weight is 491 g/mol. The van der Waals surface area contributed by atoms with Crippen LogP contribution < -0.4 is 0 Å². The Labute approximate surface area is 212 Å². The van der Waals surface area contributed by atoms with Gasteiger partial charge in [0.2, 0.25) is 0 Å². The molecule has 5 nitrogen and oxygen atoms in total. The average Bonchev–Trinajstić information content (AvgIpc) is 3.08. The number of rotatable bonds is 2. The van der Waals surface area contributed by atoms with Gasteiger partial charge in [-0.05, 0) is 117 Å². The molecule has 0 radical (unpaired) electrons. The Morgan fingerprint density at radius 3 is 2.09 bits per heavy atom. The first-order chi connectivity index (χ1) is 16.0. The molecule has 200 valence electrons. The minimum atomic E-state index is -0.886. The lowest BCUT2D eigenvalue weighted by molar-refractivity contribution is -0.213. The van der Waals surface area contributed by atoms with E-state index < -0.39 is 23.4 Å². The van der Waals surface area contributed by atoms with Crippen molar-refractivity contribution in [1.82, 2.24) is 0 Å². The van der Waals surface area contributed by atoms with Crippen LogP contribution in [0.15, 0.2) is 0 Å². The fraction of sp³-hybridized carbons (Fsp3) is 1.00. The highest BCUT2D eigenvalue weighted by Gasteiger charge is 2.84. The summed E-state index contributed by atoms with van der Waals surface area (Å²) < 4.78 is 6.66. The Bertz CT molecular complexity index is 911. The van der Waals surface area contributed by atoms with Gasteiger partial charge in [-0.1, -0.05) is 27.7 Å². The van der Waals surface area contributed by atoms with Crippen molar-refractivity contribution in [2.24, 2.45) is 44.8 Å². The Hall–Kier alpha value is -0.200. The third-order valence-electron chi connectivity index (χ3n) is 13.8. The molecule has 5 saturated carbocycles. The monoisotopic (exact) mass is 490 g/mol. The van der Waals surface area contributed by atoms with E-state index in [1.807, 2.05) is 13.8 Å². The zero-order valence-corrected chi connectivity index (χ0v) is 23.1. The topological polar surface area (TPSA) is 90.2 Å². The summed E-state index contributed by atoms with van der Waals surface area (Å²) in [5.74, 6) is 0.577. The molecule has 1 aliphatic heterocycles. The van der Waals surface area contributed by atoms with Crippen LogP contribution in [0.2, 0.25) is 0 Å². The fourth-order valence-electron chi connectivity index (χ4n) is 12.1. The zero-order chi connectivity index (χ0) is 25.6. The van der Waals surface area contributed by atoms with E-state index in [0.717, 1.165) is 51.4 Å². The van der Waals surface area contributed by atoms with Gasteiger partial charge in [0.1, 0.15) is 0 Å². The SMILES string of the molecule is CC(C)(O)[C@@H]1CC[C@](C)([C@@H]2[C@@H](O)C[C@@]3(C)[C@@H]4C[C@H](O)[C@H]5C(C)(C)[C@@H](O)CC[C@@]56C[C@@]46CC[C@]23C)O1. The van der Waals surface area contributed by atoms with Crippen LogP contribution in [0.4, 0.5) is 0 Å². The van der Waals surface area contributed by atoms with Crippen LogP contribution in [0.1, 0.15) is 106 Å². The summed E-state index contributed by atoms with van der Waals surface area (Å²) in [5, 5.41) is 45.0. The van der Waals surface area contributed by atoms with Crippen molar-refractivity contribution in [3.05, 3.63) is 0 Å². The molecule has 0 aromatic rings. The van der Waals surface area contributed by atoms with E-state index in [2.05, 4.69) is 34.6 Å². The van der Waals surface area contributed by atoms with Crippen LogP contribution in [-0.4, -0.2) is 56.0 Å². The quantitative estimate of drug-likeness (QED) is 0.460. The van der Waals surface area contributed by atoms with Crippen LogP contribution in [0.25, 0.3) is 0 Å². The van der Waals surface area contributed by atoms with E-state index in [4.69, 9.17) is 4.74 Å². The lowest BCUT2D eigenvalue weighted by atomic mass is 9.41. The Morgan fingerprint density at radius 2 is 1.46 bits per heavy atom. The second-order valence-electron chi connectivity index (χ2n) is 15.9. The lowest BCUT2D eigenvalue weighted by Gasteiger charge is -2.64. The molecule has 35 heavy (non-hydrogen) atoms. The van der Waals surface area contributed by atoms with Crippen LogP contribution in [-0.2, 0) is 4.74 Å². The van der Waals surface area contributed by atoms with Gasteiger partial charge in [0.15, 0.2) is 0 Å². The van der Waals surface area contributed by atoms with Crippen molar-refractivity contribution >= 4 is 0 Å². The van der Waals surface area contributed by atoms with Gasteiger partial charge in [-0.3, -0.25) is 0 Å². The first kappa shape index (κ1) is 25.1. The van der Waals surface area contributed by atoms with Crippen LogP contribution in [0.3, 0.4) is 0 Å². The largest absolute Gasteiger partial charge is 0.393 e. The normalized spacial score (nSPS) is 60.9. The fourth-order valence-corrected chi connectivity index (χ4v) is 12.1. The second kappa shape index (κ2) is 6.86. The molecule has 6 fully saturated rings. The van der Waals surface area contributed by atoms with Crippen LogP contribution in [0.5, 0.6) is 0 Å². The van der Waals surface area contributed by atoms with Crippen LogP contribution in [0, 0.1) is 44.8 Å². The second-order valence-corrected chi connectivity index (χ2v) is 15.9. The molecule has 4 N–H and O–H groups in total. The molecule has 0 bridgehead atoms. The van der Waals surface area contributed by atoms with Crippen LogP contribution >= 0.6 is 0 Å². The van der Waals surface area contributed by atoms with Gasteiger partial charge < -0.3 is 25.2 Å². The summed E-state index contributed by atoms with van der Waals surface area (Å²) in [7, 11) is 0. The summed E-state index contributed by atoms with van der Waals surface area (Å²) in [6.45, 7) is 15.0. The minimum Gasteiger partial charge on any atom is -0.393 e. The lowest BCUT2D eigenvalue weighted by Crippen LogP contribution is -2.62. The Morgan fingerprint density at radius 1 is 0.771 bits per heavy atom. The molecular weight excluding hydrogens is 440 g/mol. The molecule has 1 saturated heterocycles. The summed E-state index contributed by atoms with van der Waals surface area (Å²) >= 11 is 0. The molecule has 12 atom stereocenters. The molecule has 5 aliphatic carbocycles. The van der Waals surface area contributed by atoms with E-state index in [1.165, 1.54) is 6.42 Å². The van der Waals surface area contributed by atoms with Crippen molar-refractivity contribution in [1.29, 1.82) is 0 Å². The number of aliphatic hydroxyl groups is 4. The van der Waals surface area contributed by atoms with E-state index in [1.54, 1.807) is 0 Å². The Kier molecular flexibility index (Phi) is 4.92. The maximum atomic E-state index is 11.7. The van der Waals surface area contributed by atoms with E-state index in [9.17, 15) is 20.4 Å². The molecule has 6 rings (SSSR count). The Balaban J connectivity index is 1.37. The maximum absolute atomic E-state index is 11.7. The molecular formula is C30H50O5. The molecule has 1 heterocycles. The summed E-state index contributed by atoms with van der Waals surface area (Å²) in [6.07, 6.45) is 7.18.